The van der Waals surface area contributed by atoms with Gasteiger partial charge in [-0.2, -0.15) is 0 Å². The zero-order chi connectivity index (χ0) is 15.6. The molecule has 2 aromatic rings. The minimum Gasteiger partial charge on any atom is -0.393 e. The Morgan fingerprint density at radius 1 is 1.33 bits per heavy atom. The summed E-state index contributed by atoms with van der Waals surface area (Å²) in [5, 5.41) is 11.0. The van der Waals surface area contributed by atoms with Crippen molar-refractivity contribution in [3.8, 4) is 0 Å². The van der Waals surface area contributed by atoms with Gasteiger partial charge in [0, 0.05) is 6.20 Å². The first-order valence-electron chi connectivity index (χ1n) is 5.48. The summed E-state index contributed by atoms with van der Waals surface area (Å²) in [5.74, 6) is -0.910. The minimum absolute atomic E-state index is 0.307. The first kappa shape index (κ1) is 14.7. The van der Waals surface area contributed by atoms with Crippen LogP contribution in [0.25, 0.3) is 0 Å². The van der Waals surface area contributed by atoms with Gasteiger partial charge in [0.05, 0.1) is 16.8 Å². The standard InChI is InChI=1S/C11H9FN4O4S/c12-7-6-14-5-4-9(7)15-21(19,20)10-3-1-2-8(13)11(10)16(17)18/h1-6H,13H2,(H,14,15). The van der Waals surface area contributed by atoms with E-state index in [-0.39, 0.29) is 11.4 Å². The summed E-state index contributed by atoms with van der Waals surface area (Å²) in [5.41, 5.74) is 3.98. The largest absolute Gasteiger partial charge is 0.393 e. The van der Waals surface area contributed by atoms with Gasteiger partial charge in [-0.3, -0.25) is 19.8 Å². The van der Waals surface area contributed by atoms with Crippen molar-refractivity contribution < 1.29 is 17.7 Å². The molecule has 10 heteroatoms. The lowest BCUT2D eigenvalue weighted by molar-refractivity contribution is -0.386. The Morgan fingerprint density at radius 3 is 2.67 bits per heavy atom. The van der Waals surface area contributed by atoms with Crippen molar-refractivity contribution in [1.82, 2.24) is 4.98 Å². The van der Waals surface area contributed by atoms with Gasteiger partial charge >= 0.3 is 5.69 Å². The van der Waals surface area contributed by atoms with E-state index in [4.69, 9.17) is 5.73 Å². The quantitative estimate of drug-likeness (QED) is 0.500. The number of hydrogen-bond acceptors (Lipinski definition) is 6. The van der Waals surface area contributed by atoms with E-state index in [1.807, 2.05) is 4.72 Å². The number of nitro groups is 1. The molecule has 0 aliphatic carbocycles. The van der Waals surface area contributed by atoms with Gasteiger partial charge < -0.3 is 5.73 Å². The van der Waals surface area contributed by atoms with Gasteiger partial charge in [0.15, 0.2) is 10.7 Å². The second-order valence-corrected chi connectivity index (χ2v) is 5.56. The fourth-order valence-electron chi connectivity index (χ4n) is 1.61. The molecule has 0 radical (unpaired) electrons. The summed E-state index contributed by atoms with van der Waals surface area (Å²) in [6.07, 6.45) is 1.99. The number of benzene rings is 1. The van der Waals surface area contributed by atoms with Crippen LogP contribution in [0.2, 0.25) is 0 Å². The van der Waals surface area contributed by atoms with Crippen molar-refractivity contribution in [2.45, 2.75) is 4.90 Å². The van der Waals surface area contributed by atoms with Gasteiger partial charge in [0.2, 0.25) is 0 Å². The number of nitrogens with two attached hydrogens (primary N) is 1. The van der Waals surface area contributed by atoms with Crippen LogP contribution in [-0.4, -0.2) is 18.3 Å². The molecule has 21 heavy (non-hydrogen) atoms. The lowest BCUT2D eigenvalue weighted by Gasteiger charge is -2.09. The number of aromatic nitrogens is 1. The van der Waals surface area contributed by atoms with E-state index in [0.29, 0.717) is 0 Å². The number of nitro benzene ring substituents is 1. The molecule has 3 N–H and O–H groups in total. The molecule has 110 valence electrons. The molecular formula is C11H9FN4O4S. The van der Waals surface area contributed by atoms with E-state index >= 15 is 0 Å². The second-order valence-electron chi connectivity index (χ2n) is 3.91. The molecule has 0 unspecified atom stereocenters. The maximum absolute atomic E-state index is 13.4. The summed E-state index contributed by atoms with van der Waals surface area (Å²) in [6, 6.07) is 4.55. The highest BCUT2D eigenvalue weighted by molar-refractivity contribution is 7.92. The zero-order valence-corrected chi connectivity index (χ0v) is 11.2. The molecule has 0 spiro atoms. The number of nitrogens with zero attached hydrogens (tertiary/aromatic N) is 2. The molecule has 0 saturated carbocycles. The van der Waals surface area contributed by atoms with Crippen molar-refractivity contribution in [1.29, 1.82) is 0 Å². The average molecular weight is 312 g/mol. The monoisotopic (exact) mass is 312 g/mol. The SMILES string of the molecule is Nc1cccc(S(=O)(=O)Nc2ccncc2F)c1[N+](=O)[O-]. The molecule has 0 amide bonds. The predicted octanol–water partition coefficient (Wildman–Crippen LogP) is 1.51. The van der Waals surface area contributed by atoms with Gasteiger partial charge in [0.1, 0.15) is 5.69 Å². The summed E-state index contributed by atoms with van der Waals surface area (Å²) >= 11 is 0. The van der Waals surface area contributed by atoms with Gasteiger partial charge in [-0.05, 0) is 18.2 Å². The smallest absolute Gasteiger partial charge is 0.312 e. The molecule has 1 aromatic heterocycles. The van der Waals surface area contributed by atoms with Crippen LogP contribution in [0, 0.1) is 15.9 Å². The number of hydrogen-bond donors (Lipinski definition) is 2. The minimum atomic E-state index is -4.37. The lowest BCUT2D eigenvalue weighted by Crippen LogP contribution is -2.16. The van der Waals surface area contributed by atoms with Crippen molar-refractivity contribution in [2.24, 2.45) is 0 Å². The zero-order valence-electron chi connectivity index (χ0n) is 10.4. The van der Waals surface area contributed by atoms with E-state index in [1.54, 1.807) is 0 Å². The third-order valence-electron chi connectivity index (χ3n) is 2.52. The molecule has 1 aromatic carbocycles. The fourth-order valence-corrected chi connectivity index (χ4v) is 2.88. The number of anilines is 2. The molecule has 0 saturated heterocycles. The highest BCUT2D eigenvalue weighted by atomic mass is 32.2. The van der Waals surface area contributed by atoms with E-state index in [2.05, 4.69) is 4.98 Å². The topological polar surface area (TPSA) is 128 Å². The van der Waals surface area contributed by atoms with E-state index in [0.717, 1.165) is 18.3 Å². The number of rotatable bonds is 4. The maximum Gasteiger partial charge on any atom is 0.312 e. The highest BCUT2D eigenvalue weighted by Gasteiger charge is 2.28. The van der Waals surface area contributed by atoms with Crippen LogP contribution in [0.1, 0.15) is 0 Å². The van der Waals surface area contributed by atoms with Crippen LogP contribution in [0.5, 0.6) is 0 Å². The Labute approximate surface area is 118 Å². The summed E-state index contributed by atoms with van der Waals surface area (Å²) in [6.45, 7) is 0. The molecule has 0 bridgehead atoms. The molecule has 8 nitrogen and oxygen atoms in total. The Morgan fingerprint density at radius 2 is 2.05 bits per heavy atom. The number of halogens is 1. The highest BCUT2D eigenvalue weighted by Crippen LogP contribution is 2.31. The summed E-state index contributed by atoms with van der Waals surface area (Å²) in [4.78, 5) is 12.9. The molecule has 0 atom stereocenters. The molecule has 2 rings (SSSR count). The first-order chi connectivity index (χ1) is 9.83. The van der Waals surface area contributed by atoms with E-state index in [9.17, 15) is 22.9 Å². The van der Waals surface area contributed by atoms with Crippen LogP contribution >= 0.6 is 0 Å². The Kier molecular flexibility index (Phi) is 3.72. The molecule has 0 aliphatic heterocycles. The van der Waals surface area contributed by atoms with Crippen LogP contribution < -0.4 is 10.5 Å². The molecule has 0 fully saturated rings. The molecule has 0 aliphatic rings. The van der Waals surface area contributed by atoms with Crippen molar-refractivity contribution in [2.75, 3.05) is 10.5 Å². The van der Waals surface area contributed by atoms with Crippen molar-refractivity contribution >= 4 is 27.1 Å². The molecule has 1 heterocycles. The number of nitrogen functional groups attached to an aromatic ring is 1. The fraction of sp³-hybridized carbons (Fsp3) is 0. The number of pyridine rings is 1. The average Bonchev–Trinajstić information content (AvgIpc) is 2.40. The van der Waals surface area contributed by atoms with E-state index < -0.39 is 31.3 Å². The number of nitrogens with one attached hydrogen (secondary N) is 1. The van der Waals surface area contributed by atoms with Crippen LogP contribution in [0.4, 0.5) is 21.5 Å². The van der Waals surface area contributed by atoms with Crippen molar-refractivity contribution in [3.05, 3.63) is 52.6 Å². The predicted molar refractivity (Wildman–Crippen MR) is 72.5 cm³/mol. The number of sulfonamides is 1. The van der Waals surface area contributed by atoms with Gasteiger partial charge in [-0.15, -0.1) is 0 Å². The van der Waals surface area contributed by atoms with E-state index in [1.165, 1.54) is 18.3 Å². The van der Waals surface area contributed by atoms with Crippen LogP contribution in [0.15, 0.2) is 41.6 Å². The summed E-state index contributed by atoms with van der Waals surface area (Å²) < 4.78 is 39.7. The third kappa shape index (κ3) is 2.89. The summed E-state index contributed by atoms with van der Waals surface area (Å²) in [7, 11) is -4.37. The maximum atomic E-state index is 13.4. The van der Waals surface area contributed by atoms with Gasteiger partial charge in [0.25, 0.3) is 10.0 Å². The Hall–Kier alpha value is -2.75. The third-order valence-corrected chi connectivity index (χ3v) is 3.92. The normalized spacial score (nSPS) is 11.1. The van der Waals surface area contributed by atoms with Gasteiger partial charge in [-0.1, -0.05) is 6.07 Å². The lowest BCUT2D eigenvalue weighted by atomic mass is 10.3. The number of para-hydroxylation sites is 1. The van der Waals surface area contributed by atoms with Gasteiger partial charge in [-0.25, -0.2) is 12.8 Å². The second kappa shape index (κ2) is 5.32. The van der Waals surface area contributed by atoms with Crippen LogP contribution in [0.3, 0.4) is 0 Å². The Balaban J connectivity index is 2.53. The Bertz CT molecular complexity index is 810. The molecular weight excluding hydrogens is 303 g/mol. The van der Waals surface area contributed by atoms with Crippen molar-refractivity contribution in [3.63, 3.8) is 0 Å². The first-order valence-corrected chi connectivity index (χ1v) is 6.96. The van der Waals surface area contributed by atoms with Crippen LogP contribution in [-0.2, 0) is 10.0 Å².